The number of nitrogens with zero attached hydrogens (tertiary/aromatic N) is 3. The Hall–Kier alpha value is -2.74. The number of hydrogen-bond acceptors (Lipinski definition) is 5. The average molecular weight is 375 g/mol. The predicted octanol–water partition coefficient (Wildman–Crippen LogP) is 2.84. The van der Waals surface area contributed by atoms with Crippen LogP contribution < -0.4 is 0 Å². The fourth-order valence-electron chi connectivity index (χ4n) is 2.41. The summed E-state index contributed by atoms with van der Waals surface area (Å²) in [6.07, 6.45) is 0. The maximum absolute atomic E-state index is 13.1. The van der Waals surface area contributed by atoms with Crippen LogP contribution in [0.4, 0.5) is 4.39 Å². The van der Waals surface area contributed by atoms with E-state index in [0.717, 1.165) is 21.5 Å². The molecule has 3 rings (SSSR count). The molecular formula is C18H18FN3O3S. The van der Waals surface area contributed by atoms with Crippen LogP contribution in [0.5, 0.6) is 0 Å². The molecule has 0 saturated heterocycles. The number of carbonyl (C=O) groups excluding carboxylic acids is 2. The molecule has 0 unspecified atom stereocenters. The van der Waals surface area contributed by atoms with Crippen molar-refractivity contribution in [2.75, 3.05) is 20.7 Å². The number of esters is 1. The molecular weight excluding hydrogens is 357 g/mol. The molecule has 0 saturated carbocycles. The van der Waals surface area contributed by atoms with E-state index in [-0.39, 0.29) is 18.3 Å². The van der Waals surface area contributed by atoms with E-state index in [1.54, 1.807) is 37.0 Å². The molecule has 0 aliphatic heterocycles. The van der Waals surface area contributed by atoms with Gasteiger partial charge in [-0.05, 0) is 30.7 Å². The van der Waals surface area contributed by atoms with E-state index in [0.29, 0.717) is 11.4 Å². The zero-order valence-electron chi connectivity index (χ0n) is 14.7. The highest BCUT2D eigenvalue weighted by Gasteiger charge is 2.18. The van der Waals surface area contributed by atoms with Gasteiger partial charge in [0.05, 0.1) is 12.2 Å². The summed E-state index contributed by atoms with van der Waals surface area (Å²) in [6, 6.07) is 7.94. The minimum Gasteiger partial charge on any atom is -0.451 e. The van der Waals surface area contributed by atoms with E-state index in [1.807, 2.05) is 6.92 Å². The highest BCUT2D eigenvalue weighted by Crippen LogP contribution is 2.29. The first-order chi connectivity index (χ1) is 12.3. The predicted molar refractivity (Wildman–Crippen MR) is 96.8 cm³/mol. The summed E-state index contributed by atoms with van der Waals surface area (Å²) in [5, 5.41) is 5.35. The molecule has 136 valence electrons. The summed E-state index contributed by atoms with van der Waals surface area (Å²) < 4.78 is 19.9. The number of fused-ring (bicyclic) bond motifs is 1. The van der Waals surface area contributed by atoms with Gasteiger partial charge in [-0.2, -0.15) is 5.10 Å². The van der Waals surface area contributed by atoms with Gasteiger partial charge in [0.15, 0.2) is 6.61 Å². The second kappa shape index (κ2) is 7.25. The van der Waals surface area contributed by atoms with E-state index in [2.05, 4.69) is 5.10 Å². The van der Waals surface area contributed by atoms with Gasteiger partial charge < -0.3 is 9.64 Å². The quantitative estimate of drug-likeness (QED) is 0.644. The zero-order chi connectivity index (χ0) is 18.8. The number of ether oxygens (including phenoxy) is 1. The Morgan fingerprint density at radius 1 is 1.27 bits per heavy atom. The number of aromatic nitrogens is 2. The number of likely N-dealkylation sites (N-methyl/N-ethyl adjacent to an activating group) is 1. The number of halogens is 1. The maximum Gasteiger partial charge on any atom is 0.348 e. The van der Waals surface area contributed by atoms with Gasteiger partial charge in [-0.1, -0.05) is 12.1 Å². The van der Waals surface area contributed by atoms with Gasteiger partial charge in [0.2, 0.25) is 0 Å². The average Bonchev–Trinajstić information content (AvgIpc) is 3.16. The SMILES string of the molecule is Cc1nn(Cc2ccc(F)cc2)c2sc(C(=O)OCC(=O)N(C)C)cc12. The van der Waals surface area contributed by atoms with Gasteiger partial charge >= 0.3 is 5.97 Å². The third-order valence-corrected chi connectivity index (χ3v) is 5.01. The van der Waals surface area contributed by atoms with Crippen LogP contribution >= 0.6 is 11.3 Å². The lowest BCUT2D eigenvalue weighted by Gasteiger charge is -2.09. The normalized spacial score (nSPS) is 10.9. The van der Waals surface area contributed by atoms with Gasteiger partial charge in [-0.15, -0.1) is 11.3 Å². The molecule has 0 N–H and O–H groups in total. The van der Waals surface area contributed by atoms with Crippen molar-refractivity contribution in [3.05, 3.63) is 52.3 Å². The molecule has 26 heavy (non-hydrogen) atoms. The Morgan fingerprint density at radius 3 is 2.62 bits per heavy atom. The Bertz CT molecular complexity index is 960. The topological polar surface area (TPSA) is 64.4 Å². The molecule has 0 aliphatic carbocycles. The van der Waals surface area contributed by atoms with Crippen molar-refractivity contribution in [2.45, 2.75) is 13.5 Å². The third-order valence-electron chi connectivity index (χ3n) is 3.88. The fourth-order valence-corrected chi connectivity index (χ4v) is 3.47. The van der Waals surface area contributed by atoms with Crippen molar-refractivity contribution in [1.82, 2.24) is 14.7 Å². The highest BCUT2D eigenvalue weighted by atomic mass is 32.1. The van der Waals surface area contributed by atoms with Crippen molar-refractivity contribution >= 4 is 33.4 Å². The van der Waals surface area contributed by atoms with Crippen molar-refractivity contribution in [1.29, 1.82) is 0 Å². The van der Waals surface area contributed by atoms with Gasteiger partial charge in [-0.3, -0.25) is 9.48 Å². The largest absolute Gasteiger partial charge is 0.451 e. The minimum absolute atomic E-state index is 0.280. The van der Waals surface area contributed by atoms with E-state index < -0.39 is 5.97 Å². The highest BCUT2D eigenvalue weighted by molar-refractivity contribution is 7.20. The van der Waals surface area contributed by atoms with Gasteiger partial charge in [0.1, 0.15) is 15.5 Å². The van der Waals surface area contributed by atoms with Crippen LogP contribution in [-0.2, 0) is 16.1 Å². The van der Waals surface area contributed by atoms with Gasteiger partial charge in [0.25, 0.3) is 5.91 Å². The molecule has 6 nitrogen and oxygen atoms in total. The molecule has 0 radical (unpaired) electrons. The molecule has 1 amide bonds. The Morgan fingerprint density at radius 2 is 1.96 bits per heavy atom. The summed E-state index contributed by atoms with van der Waals surface area (Å²) in [5.41, 5.74) is 1.70. The monoisotopic (exact) mass is 375 g/mol. The minimum atomic E-state index is -0.533. The summed E-state index contributed by atoms with van der Waals surface area (Å²) in [7, 11) is 3.20. The summed E-state index contributed by atoms with van der Waals surface area (Å²) >= 11 is 1.26. The van der Waals surface area contributed by atoms with Crippen molar-refractivity contribution in [2.24, 2.45) is 0 Å². The number of benzene rings is 1. The van der Waals surface area contributed by atoms with Gasteiger partial charge in [0, 0.05) is 19.5 Å². The second-order valence-corrected chi connectivity index (χ2v) is 7.09. The first kappa shape index (κ1) is 18.1. The molecule has 0 aliphatic rings. The molecule has 1 aromatic carbocycles. The first-order valence-electron chi connectivity index (χ1n) is 7.94. The van der Waals surface area contributed by atoms with Crippen LogP contribution in [0.25, 0.3) is 10.2 Å². The van der Waals surface area contributed by atoms with Crippen LogP contribution in [-0.4, -0.2) is 47.3 Å². The molecule has 0 fully saturated rings. The van der Waals surface area contributed by atoms with E-state index in [9.17, 15) is 14.0 Å². The first-order valence-corrected chi connectivity index (χ1v) is 8.75. The zero-order valence-corrected chi connectivity index (χ0v) is 15.5. The number of aryl methyl sites for hydroxylation is 1. The van der Waals surface area contributed by atoms with Crippen molar-refractivity contribution in [3.63, 3.8) is 0 Å². The number of amides is 1. The van der Waals surface area contributed by atoms with Crippen LogP contribution in [0.15, 0.2) is 30.3 Å². The molecule has 3 aromatic rings. The van der Waals surface area contributed by atoms with E-state index in [4.69, 9.17) is 4.74 Å². The molecule has 0 spiro atoms. The molecule has 0 bridgehead atoms. The summed E-state index contributed by atoms with van der Waals surface area (Å²) in [6.45, 7) is 2.04. The fraction of sp³-hybridized carbons (Fsp3) is 0.278. The van der Waals surface area contributed by atoms with Crippen LogP contribution in [0.3, 0.4) is 0 Å². The van der Waals surface area contributed by atoms with Crippen molar-refractivity contribution in [3.8, 4) is 0 Å². The van der Waals surface area contributed by atoms with E-state index >= 15 is 0 Å². The lowest BCUT2D eigenvalue weighted by molar-refractivity contribution is -0.131. The number of thiophene rings is 1. The maximum atomic E-state index is 13.1. The Labute approximate surface area is 153 Å². The number of hydrogen-bond donors (Lipinski definition) is 0. The van der Waals surface area contributed by atoms with Crippen molar-refractivity contribution < 1.29 is 18.7 Å². The molecule has 2 aromatic heterocycles. The smallest absolute Gasteiger partial charge is 0.348 e. The molecule has 0 atom stereocenters. The second-order valence-electron chi connectivity index (χ2n) is 6.06. The molecule has 8 heteroatoms. The summed E-state index contributed by atoms with van der Waals surface area (Å²) in [5.74, 6) is -1.10. The van der Waals surface area contributed by atoms with Crippen LogP contribution in [0.2, 0.25) is 0 Å². The number of rotatable bonds is 5. The third kappa shape index (κ3) is 3.75. The van der Waals surface area contributed by atoms with E-state index in [1.165, 1.54) is 28.4 Å². The lowest BCUT2D eigenvalue weighted by atomic mass is 10.2. The van der Waals surface area contributed by atoms with Gasteiger partial charge in [-0.25, -0.2) is 9.18 Å². The van der Waals surface area contributed by atoms with Crippen LogP contribution in [0, 0.1) is 12.7 Å². The standard InChI is InChI=1S/C18H18FN3O3S/c1-11-14-8-15(18(24)25-10-16(23)21(2)3)26-17(14)22(20-11)9-12-4-6-13(19)7-5-12/h4-8H,9-10H2,1-3H3. The Kier molecular flexibility index (Phi) is 5.03. The Balaban J connectivity index is 1.81. The summed E-state index contributed by atoms with van der Waals surface area (Å²) in [4.78, 5) is 26.4. The number of carbonyl (C=O) groups is 2. The molecule has 2 heterocycles. The lowest BCUT2D eigenvalue weighted by Crippen LogP contribution is -2.27. The van der Waals surface area contributed by atoms with Crippen LogP contribution in [0.1, 0.15) is 20.9 Å².